The maximum absolute atomic E-state index is 13.0. The lowest BCUT2D eigenvalue weighted by atomic mass is 9.96. The molecule has 1 N–H and O–H groups in total. The third-order valence-corrected chi connectivity index (χ3v) is 3.12. The fraction of sp³-hybridized carbons (Fsp3) is 0.250. The number of nitriles is 1. The van der Waals surface area contributed by atoms with Gasteiger partial charge in [-0.2, -0.15) is 5.26 Å². The molecule has 2 rings (SSSR count). The first-order chi connectivity index (χ1) is 9.61. The van der Waals surface area contributed by atoms with Crippen molar-refractivity contribution in [1.29, 1.82) is 5.26 Å². The van der Waals surface area contributed by atoms with E-state index in [-0.39, 0.29) is 17.8 Å². The molecule has 4 heteroatoms. The monoisotopic (exact) mass is 269 g/mol. The Morgan fingerprint density at radius 3 is 2.50 bits per heavy atom. The van der Waals surface area contributed by atoms with E-state index in [0.717, 1.165) is 5.56 Å². The third kappa shape index (κ3) is 3.12. The van der Waals surface area contributed by atoms with Gasteiger partial charge < -0.3 is 5.32 Å². The fourth-order valence-corrected chi connectivity index (χ4v) is 2.06. The van der Waals surface area contributed by atoms with E-state index in [0.29, 0.717) is 11.4 Å². The summed E-state index contributed by atoms with van der Waals surface area (Å²) in [7, 11) is 0. The van der Waals surface area contributed by atoms with Crippen molar-refractivity contribution in [2.45, 2.75) is 19.9 Å². The van der Waals surface area contributed by atoms with Crippen molar-refractivity contribution in [1.82, 2.24) is 4.98 Å². The highest BCUT2D eigenvalue weighted by molar-refractivity contribution is 5.52. The molecule has 0 fully saturated rings. The molecule has 3 nitrogen and oxygen atoms in total. The fourth-order valence-electron chi connectivity index (χ4n) is 2.06. The molecule has 0 aliphatic carbocycles. The Balaban J connectivity index is 2.31. The van der Waals surface area contributed by atoms with E-state index in [4.69, 9.17) is 5.26 Å². The lowest BCUT2D eigenvalue weighted by Gasteiger charge is -2.24. The molecule has 0 amide bonds. The standard InChI is InChI=1S/C16H16FN3/c1-11(2)15(12-5-7-14(17)8-6-12)20-16-13(10-18)4-3-9-19-16/h3-9,11,15H,1-2H3,(H,19,20). The number of pyridine rings is 1. The second kappa shape index (κ2) is 6.16. The third-order valence-electron chi connectivity index (χ3n) is 3.12. The lowest BCUT2D eigenvalue weighted by molar-refractivity contribution is 0.542. The normalized spacial score (nSPS) is 11.9. The zero-order chi connectivity index (χ0) is 14.5. The van der Waals surface area contributed by atoms with Gasteiger partial charge in [0.25, 0.3) is 0 Å². The summed E-state index contributed by atoms with van der Waals surface area (Å²) in [5.74, 6) is 0.568. The van der Waals surface area contributed by atoms with Gasteiger partial charge in [-0.05, 0) is 35.7 Å². The molecule has 0 aliphatic heterocycles. The first kappa shape index (κ1) is 14.0. The summed E-state index contributed by atoms with van der Waals surface area (Å²) in [4.78, 5) is 4.21. The molecule has 20 heavy (non-hydrogen) atoms. The Morgan fingerprint density at radius 1 is 1.20 bits per heavy atom. The molecule has 0 saturated carbocycles. The Bertz CT molecular complexity index is 614. The molecule has 102 valence electrons. The Hall–Kier alpha value is -2.41. The molecular weight excluding hydrogens is 253 g/mol. The van der Waals surface area contributed by atoms with Crippen LogP contribution in [-0.2, 0) is 0 Å². The Labute approximate surface area is 118 Å². The maximum atomic E-state index is 13.0. The van der Waals surface area contributed by atoms with Crippen LogP contribution in [0.1, 0.15) is 31.0 Å². The topological polar surface area (TPSA) is 48.7 Å². The predicted octanol–water partition coefficient (Wildman–Crippen LogP) is 3.90. The van der Waals surface area contributed by atoms with E-state index in [1.54, 1.807) is 30.5 Å². The van der Waals surface area contributed by atoms with Gasteiger partial charge >= 0.3 is 0 Å². The zero-order valence-corrected chi connectivity index (χ0v) is 11.5. The smallest absolute Gasteiger partial charge is 0.144 e. The molecule has 1 aromatic carbocycles. The average Bonchev–Trinajstić information content (AvgIpc) is 2.46. The quantitative estimate of drug-likeness (QED) is 0.915. The van der Waals surface area contributed by atoms with Gasteiger partial charge in [-0.1, -0.05) is 26.0 Å². The van der Waals surface area contributed by atoms with E-state index in [2.05, 4.69) is 30.2 Å². The molecule has 2 aromatic rings. The van der Waals surface area contributed by atoms with E-state index in [1.165, 1.54) is 12.1 Å². The molecule has 0 bridgehead atoms. The summed E-state index contributed by atoms with van der Waals surface area (Å²) in [5, 5.41) is 12.4. The van der Waals surface area contributed by atoms with E-state index in [9.17, 15) is 4.39 Å². The van der Waals surface area contributed by atoms with E-state index in [1.807, 2.05) is 0 Å². The van der Waals surface area contributed by atoms with Crippen molar-refractivity contribution in [3.05, 3.63) is 59.5 Å². The van der Waals surface area contributed by atoms with Gasteiger partial charge in [-0.15, -0.1) is 0 Å². The minimum atomic E-state index is -0.258. The van der Waals surface area contributed by atoms with Gasteiger partial charge in [0.2, 0.25) is 0 Å². The van der Waals surface area contributed by atoms with Crippen LogP contribution in [0.3, 0.4) is 0 Å². The summed E-state index contributed by atoms with van der Waals surface area (Å²) in [5.41, 5.74) is 1.47. The minimum Gasteiger partial charge on any atom is -0.362 e. The van der Waals surface area contributed by atoms with Crippen LogP contribution in [0.4, 0.5) is 10.2 Å². The number of nitrogens with one attached hydrogen (secondary N) is 1. The minimum absolute atomic E-state index is 0.0300. The highest BCUT2D eigenvalue weighted by atomic mass is 19.1. The molecular formula is C16H16FN3. The second-order valence-electron chi connectivity index (χ2n) is 4.93. The van der Waals surface area contributed by atoms with Crippen LogP contribution in [0.15, 0.2) is 42.6 Å². The second-order valence-corrected chi connectivity index (χ2v) is 4.93. The van der Waals surface area contributed by atoms with Crippen LogP contribution in [0.25, 0.3) is 0 Å². The molecule has 0 radical (unpaired) electrons. The first-order valence-corrected chi connectivity index (χ1v) is 6.49. The molecule has 1 aromatic heterocycles. The predicted molar refractivity (Wildman–Crippen MR) is 76.6 cm³/mol. The van der Waals surface area contributed by atoms with Crippen molar-refractivity contribution in [2.75, 3.05) is 5.32 Å². The maximum Gasteiger partial charge on any atom is 0.144 e. The number of hydrogen-bond acceptors (Lipinski definition) is 3. The number of halogens is 1. The summed E-state index contributed by atoms with van der Waals surface area (Å²) in [6.45, 7) is 4.13. The first-order valence-electron chi connectivity index (χ1n) is 6.49. The molecule has 0 spiro atoms. The van der Waals surface area contributed by atoms with Crippen LogP contribution >= 0.6 is 0 Å². The van der Waals surface area contributed by atoms with Crippen LogP contribution in [0, 0.1) is 23.1 Å². The van der Waals surface area contributed by atoms with Crippen molar-refractivity contribution < 1.29 is 4.39 Å². The number of aromatic nitrogens is 1. The Kier molecular flexibility index (Phi) is 4.31. The number of anilines is 1. The number of benzene rings is 1. The van der Waals surface area contributed by atoms with Crippen LogP contribution in [-0.4, -0.2) is 4.98 Å². The van der Waals surface area contributed by atoms with E-state index < -0.39 is 0 Å². The van der Waals surface area contributed by atoms with Gasteiger partial charge in [0.15, 0.2) is 0 Å². The van der Waals surface area contributed by atoms with Crippen LogP contribution in [0.5, 0.6) is 0 Å². The van der Waals surface area contributed by atoms with E-state index >= 15 is 0 Å². The molecule has 1 unspecified atom stereocenters. The molecule has 0 aliphatic rings. The van der Waals surface area contributed by atoms with Crippen molar-refractivity contribution in [2.24, 2.45) is 5.92 Å². The number of nitrogens with zero attached hydrogens (tertiary/aromatic N) is 2. The number of hydrogen-bond donors (Lipinski definition) is 1. The summed E-state index contributed by atoms with van der Waals surface area (Å²) in [6, 6.07) is 11.9. The van der Waals surface area contributed by atoms with Crippen molar-refractivity contribution >= 4 is 5.82 Å². The largest absolute Gasteiger partial charge is 0.362 e. The van der Waals surface area contributed by atoms with Gasteiger partial charge in [-0.3, -0.25) is 0 Å². The highest BCUT2D eigenvalue weighted by Gasteiger charge is 2.17. The van der Waals surface area contributed by atoms with Crippen molar-refractivity contribution in [3.8, 4) is 6.07 Å². The van der Waals surface area contributed by atoms with Gasteiger partial charge in [-0.25, -0.2) is 9.37 Å². The highest BCUT2D eigenvalue weighted by Crippen LogP contribution is 2.27. The van der Waals surface area contributed by atoms with Crippen LogP contribution in [0.2, 0.25) is 0 Å². The van der Waals surface area contributed by atoms with Gasteiger partial charge in [0, 0.05) is 6.20 Å². The van der Waals surface area contributed by atoms with Gasteiger partial charge in [0.05, 0.1) is 11.6 Å². The lowest BCUT2D eigenvalue weighted by Crippen LogP contribution is -2.18. The zero-order valence-electron chi connectivity index (χ0n) is 11.5. The molecule has 1 atom stereocenters. The van der Waals surface area contributed by atoms with Crippen molar-refractivity contribution in [3.63, 3.8) is 0 Å². The van der Waals surface area contributed by atoms with Crippen LogP contribution < -0.4 is 5.32 Å². The summed E-state index contributed by atoms with van der Waals surface area (Å²) >= 11 is 0. The molecule has 1 heterocycles. The van der Waals surface area contributed by atoms with Gasteiger partial charge in [0.1, 0.15) is 17.7 Å². The number of rotatable bonds is 4. The summed E-state index contributed by atoms with van der Waals surface area (Å²) < 4.78 is 13.0. The average molecular weight is 269 g/mol. The molecule has 0 saturated heterocycles. The Morgan fingerprint density at radius 2 is 1.90 bits per heavy atom. The SMILES string of the molecule is CC(C)C(Nc1ncccc1C#N)c1ccc(F)cc1. The summed E-state index contributed by atoms with van der Waals surface area (Å²) in [6.07, 6.45) is 1.64.